The van der Waals surface area contributed by atoms with Crippen LogP contribution in [0.1, 0.15) is 6.92 Å². The van der Waals surface area contributed by atoms with Crippen LogP contribution in [-0.2, 0) is 0 Å². The van der Waals surface area contributed by atoms with Gasteiger partial charge in [-0.15, -0.1) is 0 Å². The van der Waals surface area contributed by atoms with Crippen LogP contribution in [-0.4, -0.2) is 26.5 Å². The van der Waals surface area contributed by atoms with Crippen molar-refractivity contribution in [3.63, 3.8) is 0 Å². The summed E-state index contributed by atoms with van der Waals surface area (Å²) >= 11 is 4.88. The van der Waals surface area contributed by atoms with Crippen molar-refractivity contribution in [3.05, 3.63) is 35.2 Å². The molecule has 0 aliphatic rings. The Morgan fingerprint density at radius 2 is 2.30 bits per heavy atom. The second-order valence-corrected chi connectivity index (χ2v) is 5.76. The standard InChI is InChI=1S/C13H11BrN4OS/c1-2-19-8-3-4-10-11(5-8)18-13(17-10)20-12-9(14)6-15-7-16-12/h3-7H,2H2,1H3,(H,17,18). The number of ether oxygens (including phenoxy) is 1. The molecule has 0 saturated heterocycles. The van der Waals surface area contributed by atoms with Crippen molar-refractivity contribution in [3.8, 4) is 5.75 Å². The number of H-pyrrole nitrogens is 1. The van der Waals surface area contributed by atoms with Crippen LogP contribution in [0.5, 0.6) is 5.75 Å². The van der Waals surface area contributed by atoms with Gasteiger partial charge in [0.05, 0.1) is 22.1 Å². The van der Waals surface area contributed by atoms with E-state index < -0.39 is 0 Å². The fraction of sp³-hybridized carbons (Fsp3) is 0.154. The number of nitrogens with zero attached hydrogens (tertiary/aromatic N) is 3. The second kappa shape index (κ2) is 5.80. The lowest BCUT2D eigenvalue weighted by molar-refractivity contribution is 0.340. The molecule has 0 amide bonds. The Hall–Kier alpha value is -1.60. The highest BCUT2D eigenvalue weighted by Gasteiger charge is 2.09. The summed E-state index contributed by atoms with van der Waals surface area (Å²) < 4.78 is 6.33. The Balaban J connectivity index is 1.91. The third-order valence-electron chi connectivity index (χ3n) is 2.57. The summed E-state index contributed by atoms with van der Waals surface area (Å²) in [6.07, 6.45) is 3.23. The number of aromatic nitrogens is 4. The molecule has 2 heterocycles. The average molecular weight is 351 g/mol. The molecule has 5 nitrogen and oxygen atoms in total. The summed E-state index contributed by atoms with van der Waals surface area (Å²) in [5.74, 6) is 0.836. The van der Waals surface area contributed by atoms with Crippen LogP contribution >= 0.6 is 27.7 Å². The van der Waals surface area contributed by atoms with E-state index in [-0.39, 0.29) is 0 Å². The number of aromatic amines is 1. The first-order valence-electron chi connectivity index (χ1n) is 6.02. The highest BCUT2D eigenvalue weighted by atomic mass is 79.9. The minimum atomic E-state index is 0.648. The van der Waals surface area contributed by atoms with Gasteiger partial charge in [0, 0.05) is 12.3 Å². The van der Waals surface area contributed by atoms with E-state index in [1.807, 2.05) is 25.1 Å². The molecule has 0 unspecified atom stereocenters. The van der Waals surface area contributed by atoms with E-state index in [0.29, 0.717) is 6.61 Å². The van der Waals surface area contributed by atoms with Gasteiger partial charge in [-0.05, 0) is 46.7 Å². The molecule has 0 atom stereocenters. The summed E-state index contributed by atoms with van der Waals surface area (Å²) in [5, 5.41) is 1.61. The average Bonchev–Trinajstić information content (AvgIpc) is 2.83. The third-order valence-corrected chi connectivity index (χ3v) is 4.32. The van der Waals surface area contributed by atoms with Gasteiger partial charge >= 0.3 is 0 Å². The molecule has 2 aromatic heterocycles. The Labute approximate surface area is 128 Å². The third kappa shape index (κ3) is 2.78. The zero-order valence-electron chi connectivity index (χ0n) is 10.6. The first kappa shape index (κ1) is 13.4. The van der Waals surface area contributed by atoms with Gasteiger partial charge in [0.15, 0.2) is 5.16 Å². The molecule has 0 radical (unpaired) electrons. The predicted molar refractivity (Wildman–Crippen MR) is 81.1 cm³/mol. The van der Waals surface area contributed by atoms with Gasteiger partial charge in [-0.2, -0.15) is 0 Å². The van der Waals surface area contributed by atoms with Crippen LogP contribution in [0, 0.1) is 0 Å². The molecule has 0 aliphatic heterocycles. The maximum atomic E-state index is 5.48. The number of imidazole rings is 1. The fourth-order valence-corrected chi connectivity index (χ4v) is 2.94. The van der Waals surface area contributed by atoms with Gasteiger partial charge in [-0.3, -0.25) is 0 Å². The maximum absolute atomic E-state index is 5.48. The molecule has 0 aliphatic carbocycles. The van der Waals surface area contributed by atoms with Crippen molar-refractivity contribution in [2.24, 2.45) is 0 Å². The lowest BCUT2D eigenvalue weighted by atomic mass is 10.3. The van der Waals surface area contributed by atoms with E-state index in [0.717, 1.165) is 31.4 Å². The van der Waals surface area contributed by atoms with Crippen molar-refractivity contribution in [2.75, 3.05) is 6.61 Å². The number of rotatable bonds is 4. The summed E-state index contributed by atoms with van der Waals surface area (Å²) in [6, 6.07) is 5.81. The highest BCUT2D eigenvalue weighted by Crippen LogP contribution is 2.31. The molecule has 1 aromatic carbocycles. The molecular formula is C13H11BrN4OS. The molecule has 0 bridgehead atoms. The zero-order valence-corrected chi connectivity index (χ0v) is 13.0. The van der Waals surface area contributed by atoms with Crippen LogP contribution in [0.2, 0.25) is 0 Å². The monoisotopic (exact) mass is 350 g/mol. The molecule has 3 rings (SSSR count). The van der Waals surface area contributed by atoms with Crippen LogP contribution < -0.4 is 4.74 Å². The van der Waals surface area contributed by atoms with Crippen molar-refractivity contribution in [1.82, 2.24) is 19.9 Å². The lowest BCUT2D eigenvalue weighted by Crippen LogP contribution is -1.90. The van der Waals surface area contributed by atoms with E-state index in [9.17, 15) is 0 Å². The Morgan fingerprint density at radius 3 is 3.10 bits per heavy atom. The maximum Gasteiger partial charge on any atom is 0.172 e. The highest BCUT2D eigenvalue weighted by molar-refractivity contribution is 9.10. The summed E-state index contributed by atoms with van der Waals surface area (Å²) in [4.78, 5) is 15.9. The molecule has 3 aromatic rings. The van der Waals surface area contributed by atoms with Crippen LogP contribution in [0.25, 0.3) is 11.0 Å². The minimum absolute atomic E-state index is 0.648. The van der Waals surface area contributed by atoms with Crippen molar-refractivity contribution in [1.29, 1.82) is 0 Å². The predicted octanol–water partition coefficient (Wildman–Crippen LogP) is 3.67. The topological polar surface area (TPSA) is 63.7 Å². The molecular weight excluding hydrogens is 340 g/mol. The lowest BCUT2D eigenvalue weighted by Gasteiger charge is -2.00. The van der Waals surface area contributed by atoms with E-state index in [2.05, 4.69) is 35.9 Å². The molecule has 0 fully saturated rings. The summed E-state index contributed by atoms with van der Waals surface area (Å²) in [6.45, 7) is 2.61. The van der Waals surface area contributed by atoms with Gasteiger partial charge in [0.2, 0.25) is 0 Å². The molecule has 0 spiro atoms. The first-order chi connectivity index (χ1) is 9.76. The zero-order chi connectivity index (χ0) is 13.9. The van der Waals surface area contributed by atoms with E-state index in [1.54, 1.807) is 6.20 Å². The Bertz CT molecular complexity index is 746. The molecule has 20 heavy (non-hydrogen) atoms. The van der Waals surface area contributed by atoms with Crippen LogP contribution in [0.15, 0.2) is 45.4 Å². The number of fused-ring (bicyclic) bond motifs is 1. The smallest absolute Gasteiger partial charge is 0.172 e. The van der Waals surface area contributed by atoms with Gasteiger partial charge in [-0.1, -0.05) is 0 Å². The van der Waals surface area contributed by atoms with Gasteiger partial charge in [-0.25, -0.2) is 15.0 Å². The molecule has 0 saturated carbocycles. The van der Waals surface area contributed by atoms with E-state index in [4.69, 9.17) is 4.74 Å². The fourth-order valence-electron chi connectivity index (χ4n) is 1.74. The van der Waals surface area contributed by atoms with Crippen molar-refractivity contribution >= 4 is 38.7 Å². The van der Waals surface area contributed by atoms with Gasteiger partial charge in [0.1, 0.15) is 17.1 Å². The Kier molecular flexibility index (Phi) is 3.88. The minimum Gasteiger partial charge on any atom is -0.494 e. The first-order valence-corrected chi connectivity index (χ1v) is 7.63. The van der Waals surface area contributed by atoms with Crippen molar-refractivity contribution < 1.29 is 4.74 Å². The molecule has 102 valence electrons. The van der Waals surface area contributed by atoms with Gasteiger partial charge in [0.25, 0.3) is 0 Å². The quantitative estimate of drug-likeness (QED) is 0.727. The van der Waals surface area contributed by atoms with Gasteiger partial charge < -0.3 is 9.72 Å². The number of hydrogen-bond donors (Lipinski definition) is 1. The van der Waals surface area contributed by atoms with Crippen LogP contribution in [0.3, 0.4) is 0 Å². The van der Waals surface area contributed by atoms with Crippen molar-refractivity contribution in [2.45, 2.75) is 17.1 Å². The number of benzene rings is 1. The number of halogens is 1. The molecule has 7 heteroatoms. The summed E-state index contributed by atoms with van der Waals surface area (Å²) in [5.41, 5.74) is 1.85. The largest absolute Gasteiger partial charge is 0.494 e. The Morgan fingerprint density at radius 1 is 1.40 bits per heavy atom. The second-order valence-electron chi connectivity index (χ2n) is 3.93. The molecule has 1 N–H and O–H groups in total. The van der Waals surface area contributed by atoms with E-state index >= 15 is 0 Å². The normalized spacial score (nSPS) is 10.9. The summed E-state index contributed by atoms with van der Waals surface area (Å²) in [7, 11) is 0. The van der Waals surface area contributed by atoms with E-state index in [1.165, 1.54) is 18.1 Å². The SMILES string of the molecule is CCOc1ccc2nc(Sc3ncncc3Br)[nH]c2c1. The van der Waals surface area contributed by atoms with Crippen LogP contribution in [0.4, 0.5) is 0 Å². The number of hydrogen-bond acceptors (Lipinski definition) is 5. The number of nitrogens with one attached hydrogen (secondary N) is 1.